The number of rotatable bonds is 7. The maximum atomic E-state index is 13.5. The predicted octanol–water partition coefficient (Wildman–Crippen LogP) is 1.41. The Morgan fingerprint density at radius 2 is 1.73 bits per heavy atom. The van der Waals surface area contributed by atoms with Crippen LogP contribution in [0, 0.1) is 0 Å². The average molecular weight is 244 g/mol. The van der Waals surface area contributed by atoms with Crippen molar-refractivity contribution >= 4 is 13.9 Å². The van der Waals surface area contributed by atoms with Gasteiger partial charge in [-0.05, 0) is 0 Å². The van der Waals surface area contributed by atoms with E-state index in [1.54, 1.807) is 20.8 Å². The summed E-state index contributed by atoms with van der Waals surface area (Å²) < 4.78 is 27.5. The van der Waals surface area contributed by atoms with Gasteiger partial charge in [-0.25, -0.2) is 0 Å². The van der Waals surface area contributed by atoms with Gasteiger partial charge in [-0.2, -0.15) is 0 Å². The van der Waals surface area contributed by atoms with E-state index in [1.807, 2.05) is 0 Å². The summed E-state index contributed by atoms with van der Waals surface area (Å²) in [5.41, 5.74) is 0. The molecule has 0 radical (unpaired) electrons. The standard InChI is InChI=1S/C8H18FO5P/c1-4-12-8(10)7(9)15(11,13-5-2)14-6-3/h7,11,15H,4-6H2,1-3H3. The van der Waals surface area contributed by atoms with Gasteiger partial charge in [-0.15, -0.1) is 0 Å². The van der Waals surface area contributed by atoms with Crippen molar-refractivity contribution in [2.24, 2.45) is 0 Å². The van der Waals surface area contributed by atoms with Crippen LogP contribution in [0.4, 0.5) is 4.39 Å². The molecule has 0 aliphatic heterocycles. The van der Waals surface area contributed by atoms with Crippen molar-refractivity contribution in [2.75, 3.05) is 19.8 Å². The summed E-state index contributed by atoms with van der Waals surface area (Å²) in [7, 11) is -4.09. The van der Waals surface area contributed by atoms with E-state index >= 15 is 0 Å². The van der Waals surface area contributed by atoms with E-state index < -0.39 is 19.8 Å². The molecule has 7 heteroatoms. The van der Waals surface area contributed by atoms with Gasteiger partial charge in [0.25, 0.3) is 0 Å². The topological polar surface area (TPSA) is 65.0 Å². The molecular weight excluding hydrogens is 226 g/mol. The van der Waals surface area contributed by atoms with Crippen LogP contribution < -0.4 is 0 Å². The third-order valence-corrected chi connectivity index (χ3v) is 3.80. The number of alkyl halides is 1. The minimum atomic E-state index is -4.09. The Kier molecular flexibility index (Phi) is 6.92. The van der Waals surface area contributed by atoms with Crippen LogP contribution in [-0.4, -0.2) is 36.6 Å². The molecule has 0 aliphatic rings. The first-order valence-electron chi connectivity index (χ1n) is 4.82. The minimum absolute atomic E-state index is 0.0436. The molecule has 0 saturated heterocycles. The SMILES string of the molecule is CCOC(=O)C(F)[PH](O)(OCC)OCC. The molecule has 0 fully saturated rings. The van der Waals surface area contributed by atoms with Crippen molar-refractivity contribution in [3.63, 3.8) is 0 Å². The Bertz CT molecular complexity index is 195. The Morgan fingerprint density at radius 3 is 2.07 bits per heavy atom. The fourth-order valence-corrected chi connectivity index (χ4v) is 2.55. The molecule has 1 N–H and O–H groups in total. The molecular formula is C8H18FO5P. The first kappa shape index (κ1) is 14.7. The number of esters is 1. The zero-order chi connectivity index (χ0) is 11.9. The van der Waals surface area contributed by atoms with Crippen molar-refractivity contribution in [3.8, 4) is 0 Å². The van der Waals surface area contributed by atoms with Crippen molar-refractivity contribution in [1.29, 1.82) is 0 Å². The zero-order valence-corrected chi connectivity index (χ0v) is 10.2. The van der Waals surface area contributed by atoms with Crippen LogP contribution in [-0.2, 0) is 18.6 Å². The summed E-state index contributed by atoms with van der Waals surface area (Å²) in [5, 5.41) is 0. The van der Waals surface area contributed by atoms with Gasteiger partial charge in [0.05, 0.1) is 0 Å². The fourth-order valence-electron chi connectivity index (χ4n) is 0.966. The van der Waals surface area contributed by atoms with Crippen LogP contribution in [0.1, 0.15) is 20.8 Å². The Hall–Kier alpha value is -0.290. The van der Waals surface area contributed by atoms with E-state index in [4.69, 9.17) is 9.05 Å². The Balaban J connectivity index is 4.52. The van der Waals surface area contributed by atoms with Crippen LogP contribution in [0.3, 0.4) is 0 Å². The maximum absolute atomic E-state index is 13.5. The number of hydrogen-bond acceptors (Lipinski definition) is 5. The molecule has 1 unspecified atom stereocenters. The molecule has 0 rings (SSSR count). The van der Waals surface area contributed by atoms with E-state index in [9.17, 15) is 14.1 Å². The van der Waals surface area contributed by atoms with Gasteiger partial charge < -0.3 is 0 Å². The molecule has 0 heterocycles. The first-order chi connectivity index (χ1) is 7.01. The summed E-state index contributed by atoms with van der Waals surface area (Å²) >= 11 is 0. The van der Waals surface area contributed by atoms with Gasteiger partial charge in [0.1, 0.15) is 0 Å². The number of halogens is 1. The summed E-state index contributed by atoms with van der Waals surface area (Å²) in [5.74, 6) is -3.38. The average Bonchev–Trinajstić information content (AvgIpc) is 2.17. The summed E-state index contributed by atoms with van der Waals surface area (Å²) in [6.07, 6.45) is 0. The molecule has 0 spiro atoms. The van der Waals surface area contributed by atoms with Crippen LogP contribution >= 0.6 is 7.94 Å². The van der Waals surface area contributed by atoms with Gasteiger partial charge in [0.15, 0.2) is 0 Å². The van der Waals surface area contributed by atoms with Crippen molar-refractivity contribution in [1.82, 2.24) is 0 Å². The normalized spacial score (nSPS) is 14.7. The van der Waals surface area contributed by atoms with Crippen LogP contribution in [0.15, 0.2) is 0 Å². The van der Waals surface area contributed by atoms with E-state index in [2.05, 4.69) is 4.74 Å². The van der Waals surface area contributed by atoms with Crippen LogP contribution in [0.5, 0.6) is 0 Å². The molecule has 15 heavy (non-hydrogen) atoms. The molecule has 0 aromatic carbocycles. The Morgan fingerprint density at radius 1 is 1.27 bits per heavy atom. The number of ether oxygens (including phenoxy) is 1. The molecule has 0 aromatic rings. The van der Waals surface area contributed by atoms with E-state index in [-0.39, 0.29) is 19.8 Å². The van der Waals surface area contributed by atoms with Gasteiger partial charge in [-0.3, -0.25) is 0 Å². The number of carbonyl (C=O) groups excluding carboxylic acids is 1. The molecule has 0 aliphatic carbocycles. The van der Waals surface area contributed by atoms with Crippen molar-refractivity contribution in [2.45, 2.75) is 26.7 Å². The van der Waals surface area contributed by atoms with Gasteiger partial charge in [0.2, 0.25) is 0 Å². The number of hydrogen-bond donors (Lipinski definition) is 1. The second-order valence-electron chi connectivity index (χ2n) is 2.61. The van der Waals surface area contributed by atoms with Crippen molar-refractivity contribution in [3.05, 3.63) is 0 Å². The van der Waals surface area contributed by atoms with Gasteiger partial charge in [0, 0.05) is 0 Å². The molecule has 1 atom stereocenters. The molecule has 92 valence electrons. The van der Waals surface area contributed by atoms with Crippen LogP contribution in [0.2, 0.25) is 0 Å². The summed E-state index contributed by atoms with van der Waals surface area (Å²) in [6.45, 7) is 4.89. The number of carbonyl (C=O) groups is 1. The first-order valence-corrected chi connectivity index (χ1v) is 6.66. The fraction of sp³-hybridized carbons (Fsp3) is 0.875. The Labute approximate surface area is 89.1 Å². The molecule has 0 bridgehead atoms. The molecule has 0 amide bonds. The monoisotopic (exact) mass is 244 g/mol. The van der Waals surface area contributed by atoms with Gasteiger partial charge in [-0.1, -0.05) is 0 Å². The second-order valence-corrected chi connectivity index (χ2v) is 4.96. The third kappa shape index (κ3) is 4.38. The summed E-state index contributed by atoms with van der Waals surface area (Å²) in [4.78, 5) is 20.8. The van der Waals surface area contributed by atoms with Crippen molar-refractivity contribution < 1.29 is 27.9 Å². The molecule has 0 aromatic heterocycles. The van der Waals surface area contributed by atoms with E-state index in [1.165, 1.54) is 0 Å². The zero-order valence-electron chi connectivity index (χ0n) is 9.16. The third-order valence-electron chi connectivity index (χ3n) is 1.52. The quantitative estimate of drug-likeness (QED) is 0.541. The molecule has 0 saturated carbocycles. The predicted molar refractivity (Wildman–Crippen MR) is 55.3 cm³/mol. The molecule has 5 nitrogen and oxygen atoms in total. The summed E-state index contributed by atoms with van der Waals surface area (Å²) in [6, 6.07) is 0. The van der Waals surface area contributed by atoms with E-state index in [0.29, 0.717) is 0 Å². The second kappa shape index (κ2) is 7.06. The van der Waals surface area contributed by atoms with Gasteiger partial charge >= 0.3 is 88.3 Å². The van der Waals surface area contributed by atoms with Crippen LogP contribution in [0.25, 0.3) is 0 Å². The van der Waals surface area contributed by atoms with E-state index in [0.717, 1.165) is 0 Å².